The van der Waals surface area contributed by atoms with E-state index in [0.29, 0.717) is 39.9 Å². The second-order valence-corrected chi connectivity index (χ2v) is 7.57. The minimum atomic E-state index is -1.30. The van der Waals surface area contributed by atoms with E-state index in [9.17, 15) is 10.2 Å². The highest BCUT2D eigenvalue weighted by molar-refractivity contribution is 5.51. The summed E-state index contributed by atoms with van der Waals surface area (Å²) in [6, 6.07) is 8.02. The zero-order valence-corrected chi connectivity index (χ0v) is 21.8. The third-order valence-electron chi connectivity index (χ3n) is 4.90. The van der Waals surface area contributed by atoms with E-state index in [-0.39, 0.29) is 40.4 Å². The molecule has 0 amide bonds. The molecule has 0 saturated carbocycles. The normalized spacial score (nSPS) is 12.6. The summed E-state index contributed by atoms with van der Waals surface area (Å²) in [5.74, 6) is 1.78. The summed E-state index contributed by atoms with van der Waals surface area (Å²) in [5.41, 5.74) is 0.864. The summed E-state index contributed by atoms with van der Waals surface area (Å²) in [4.78, 5) is 0. The largest absolute Gasteiger partial charge is 0.467 e. The van der Waals surface area contributed by atoms with Crippen LogP contribution >= 0.6 is 0 Å². The van der Waals surface area contributed by atoms with Gasteiger partial charge in [-0.05, 0) is 17.7 Å². The molecule has 2 aromatic carbocycles. The van der Waals surface area contributed by atoms with E-state index in [4.69, 9.17) is 47.4 Å². The summed E-state index contributed by atoms with van der Waals surface area (Å²) in [6.07, 6.45) is -2.60. The molecule has 0 aromatic heterocycles. The maximum Gasteiger partial charge on any atom is 0.188 e. The van der Waals surface area contributed by atoms with Gasteiger partial charge in [0.15, 0.2) is 45.5 Å². The van der Waals surface area contributed by atoms with Gasteiger partial charge in [0.1, 0.15) is 23.4 Å². The van der Waals surface area contributed by atoms with Crippen LogP contribution in [0.1, 0.15) is 17.2 Å². The monoisotopic (exact) mass is 528 g/mol. The van der Waals surface area contributed by atoms with Gasteiger partial charge in [0.2, 0.25) is 0 Å². The second-order valence-electron chi connectivity index (χ2n) is 7.57. The molecule has 37 heavy (non-hydrogen) atoms. The molecule has 2 aromatic rings. The quantitative estimate of drug-likeness (QED) is 0.259. The van der Waals surface area contributed by atoms with Crippen LogP contribution < -0.4 is 23.7 Å². The molecule has 0 bridgehead atoms. The maximum atomic E-state index is 11.0. The van der Waals surface area contributed by atoms with Crippen LogP contribution in [0.4, 0.5) is 0 Å². The van der Waals surface area contributed by atoms with Crippen molar-refractivity contribution in [3.8, 4) is 28.7 Å². The Hall–Kier alpha value is -2.84. The number of aliphatic hydroxyl groups is 2. The smallest absolute Gasteiger partial charge is 0.188 e. The summed E-state index contributed by atoms with van der Waals surface area (Å²) < 4.78 is 53.0. The van der Waals surface area contributed by atoms with Gasteiger partial charge in [-0.3, -0.25) is 0 Å². The number of aliphatic hydroxyl groups excluding tert-OH is 2. The highest BCUT2D eigenvalue weighted by Gasteiger charge is 2.25. The first-order valence-electron chi connectivity index (χ1n) is 11.2. The Labute approximate surface area is 216 Å². The Kier molecular flexibility index (Phi) is 13.8. The van der Waals surface area contributed by atoms with Crippen LogP contribution in [0.25, 0.3) is 0 Å². The SMILES string of the molecule is COCOc1cc(OCOC)c(C[C@@H](O)[C@H](O)c2ccc(OCOC)c(OCOC)c2)c(OCOC)c1. The van der Waals surface area contributed by atoms with Crippen LogP contribution in [0.15, 0.2) is 30.3 Å². The molecule has 0 saturated heterocycles. The third kappa shape index (κ3) is 9.52. The van der Waals surface area contributed by atoms with Crippen molar-refractivity contribution in [2.75, 3.05) is 69.5 Å². The fraction of sp³-hybridized carbons (Fsp3) is 0.520. The molecule has 0 spiro atoms. The van der Waals surface area contributed by atoms with Crippen LogP contribution in [0, 0.1) is 0 Å². The molecule has 0 heterocycles. The van der Waals surface area contributed by atoms with Crippen molar-refractivity contribution in [2.45, 2.75) is 18.6 Å². The molecule has 0 fully saturated rings. The van der Waals surface area contributed by atoms with Crippen molar-refractivity contribution in [1.29, 1.82) is 0 Å². The van der Waals surface area contributed by atoms with Crippen molar-refractivity contribution < 1.29 is 57.6 Å². The van der Waals surface area contributed by atoms with E-state index in [1.54, 1.807) is 30.3 Å². The van der Waals surface area contributed by atoms with Crippen molar-refractivity contribution >= 4 is 0 Å². The second kappa shape index (κ2) is 16.8. The summed E-state index contributed by atoms with van der Waals surface area (Å²) in [5, 5.41) is 22.0. The van der Waals surface area contributed by atoms with Crippen LogP contribution in [0.5, 0.6) is 28.7 Å². The van der Waals surface area contributed by atoms with Crippen LogP contribution in [0.3, 0.4) is 0 Å². The Balaban J connectivity index is 2.35. The molecule has 2 rings (SSSR count). The van der Waals surface area contributed by atoms with Crippen molar-refractivity contribution in [1.82, 2.24) is 0 Å². The topological polar surface area (TPSA) is 133 Å². The molecular weight excluding hydrogens is 492 g/mol. The summed E-state index contributed by atoms with van der Waals surface area (Å²) in [7, 11) is 7.44. The molecule has 0 unspecified atom stereocenters. The van der Waals surface area contributed by atoms with Gasteiger partial charge >= 0.3 is 0 Å². The lowest BCUT2D eigenvalue weighted by Crippen LogP contribution is -2.22. The van der Waals surface area contributed by atoms with Crippen molar-refractivity contribution in [3.63, 3.8) is 0 Å². The average molecular weight is 529 g/mol. The minimum absolute atomic E-state index is 0.00564. The molecule has 0 aliphatic rings. The van der Waals surface area contributed by atoms with E-state index in [0.717, 1.165) is 0 Å². The molecule has 12 heteroatoms. The molecule has 0 aliphatic carbocycles. The third-order valence-corrected chi connectivity index (χ3v) is 4.90. The summed E-state index contributed by atoms with van der Waals surface area (Å²) in [6.45, 7) is -0.153. The molecule has 0 radical (unpaired) electrons. The standard InChI is InChI=1S/C25H36O12/c1-28-12-33-18-9-22(35-14-30-3)19(23(10-18)36-15-31-4)11-20(26)25(27)17-6-7-21(34-13-29-2)24(8-17)37-16-32-5/h6-10,20,25-27H,11-16H2,1-5H3/t20-,25-/m1/s1. The van der Waals surface area contributed by atoms with Gasteiger partial charge in [-0.15, -0.1) is 0 Å². The Bertz CT molecular complexity index is 894. The van der Waals surface area contributed by atoms with Crippen molar-refractivity contribution in [3.05, 3.63) is 41.5 Å². The molecule has 2 atom stereocenters. The lowest BCUT2D eigenvalue weighted by molar-refractivity contribution is 0.0135. The zero-order chi connectivity index (χ0) is 27.0. The first kappa shape index (κ1) is 30.4. The van der Waals surface area contributed by atoms with E-state index in [1.807, 2.05) is 0 Å². The van der Waals surface area contributed by atoms with Gasteiger partial charge in [0.25, 0.3) is 0 Å². The highest BCUT2D eigenvalue weighted by atomic mass is 16.7. The van der Waals surface area contributed by atoms with E-state index in [2.05, 4.69) is 0 Å². The number of rotatable bonds is 19. The van der Waals surface area contributed by atoms with E-state index in [1.165, 1.54) is 35.5 Å². The lowest BCUT2D eigenvalue weighted by atomic mass is 9.97. The Morgan fingerprint density at radius 1 is 0.568 bits per heavy atom. The van der Waals surface area contributed by atoms with Crippen molar-refractivity contribution in [2.24, 2.45) is 0 Å². The first-order valence-corrected chi connectivity index (χ1v) is 11.2. The van der Waals surface area contributed by atoms with Crippen LogP contribution in [-0.4, -0.2) is 85.8 Å². The molecule has 12 nitrogen and oxygen atoms in total. The van der Waals surface area contributed by atoms with Gasteiger partial charge in [-0.2, -0.15) is 0 Å². The predicted octanol–water partition coefficient (Wildman–Crippen LogP) is 2.24. The Morgan fingerprint density at radius 2 is 1.03 bits per heavy atom. The number of methoxy groups -OCH3 is 5. The minimum Gasteiger partial charge on any atom is -0.467 e. The highest BCUT2D eigenvalue weighted by Crippen LogP contribution is 2.38. The van der Waals surface area contributed by atoms with Gasteiger partial charge in [-0.1, -0.05) is 6.07 Å². The van der Waals surface area contributed by atoms with Crippen LogP contribution in [0.2, 0.25) is 0 Å². The van der Waals surface area contributed by atoms with Gasteiger partial charge in [0.05, 0.1) is 6.10 Å². The number of ether oxygens (including phenoxy) is 10. The van der Waals surface area contributed by atoms with Gasteiger partial charge in [-0.25, -0.2) is 0 Å². The number of hydrogen-bond acceptors (Lipinski definition) is 12. The van der Waals surface area contributed by atoms with Crippen LogP contribution in [-0.2, 0) is 30.1 Å². The fourth-order valence-corrected chi connectivity index (χ4v) is 3.24. The first-order chi connectivity index (χ1) is 18.0. The van der Waals surface area contributed by atoms with E-state index >= 15 is 0 Å². The molecule has 208 valence electrons. The van der Waals surface area contributed by atoms with Gasteiger partial charge in [0, 0.05) is 59.7 Å². The maximum absolute atomic E-state index is 11.0. The zero-order valence-electron chi connectivity index (χ0n) is 21.8. The number of hydrogen-bond donors (Lipinski definition) is 2. The Morgan fingerprint density at radius 3 is 1.54 bits per heavy atom. The molecular formula is C25H36O12. The average Bonchev–Trinajstić information content (AvgIpc) is 2.92. The fourth-order valence-electron chi connectivity index (χ4n) is 3.24. The molecule has 0 aliphatic heterocycles. The predicted molar refractivity (Wildman–Crippen MR) is 130 cm³/mol. The number of benzene rings is 2. The van der Waals surface area contributed by atoms with Gasteiger partial charge < -0.3 is 57.6 Å². The summed E-state index contributed by atoms with van der Waals surface area (Å²) >= 11 is 0. The molecule has 2 N–H and O–H groups in total. The van der Waals surface area contributed by atoms with E-state index < -0.39 is 12.2 Å². The lowest BCUT2D eigenvalue weighted by Gasteiger charge is -2.23.